The first-order valence-electron chi connectivity index (χ1n) is 6.00. The smallest absolute Gasteiger partial charge is 0.0406 e. The highest BCUT2D eigenvalue weighted by Gasteiger charge is 2.11. The lowest BCUT2D eigenvalue weighted by Gasteiger charge is -2.22. The molecule has 1 unspecified atom stereocenters. The van der Waals surface area contributed by atoms with Crippen LogP contribution in [0.1, 0.15) is 18.4 Å². The quantitative estimate of drug-likeness (QED) is 0.883. The van der Waals surface area contributed by atoms with Gasteiger partial charge in [-0.05, 0) is 56.1 Å². The van der Waals surface area contributed by atoms with E-state index in [0.717, 1.165) is 30.6 Å². The zero-order chi connectivity index (χ0) is 11.2. The molecule has 17 heavy (non-hydrogen) atoms. The number of rotatable bonds is 4. The fourth-order valence-electron chi connectivity index (χ4n) is 2.12. The molecule has 1 fully saturated rings. The highest BCUT2D eigenvalue weighted by atomic mass is 35.5. The lowest BCUT2D eigenvalue weighted by atomic mass is 10.00. The van der Waals surface area contributed by atoms with Gasteiger partial charge in [0.1, 0.15) is 0 Å². The summed E-state index contributed by atoms with van der Waals surface area (Å²) in [6.07, 6.45) is 2.66. The summed E-state index contributed by atoms with van der Waals surface area (Å²) >= 11 is 5.84. The van der Waals surface area contributed by atoms with Crippen LogP contribution >= 0.6 is 24.0 Å². The Labute approximate surface area is 115 Å². The molecule has 96 valence electrons. The van der Waals surface area contributed by atoms with Gasteiger partial charge in [0.05, 0.1) is 0 Å². The van der Waals surface area contributed by atoms with E-state index in [1.54, 1.807) is 0 Å². The molecule has 1 aromatic rings. The number of piperidine rings is 1. The van der Waals surface area contributed by atoms with Gasteiger partial charge >= 0.3 is 0 Å². The van der Waals surface area contributed by atoms with Crippen LogP contribution in [0.15, 0.2) is 24.3 Å². The van der Waals surface area contributed by atoms with Crippen molar-refractivity contribution >= 4 is 24.0 Å². The second kappa shape index (κ2) is 7.93. The van der Waals surface area contributed by atoms with E-state index in [1.165, 1.54) is 24.9 Å². The summed E-state index contributed by atoms with van der Waals surface area (Å²) in [5, 5.41) is 7.75. The molecule has 2 rings (SSSR count). The molecular formula is C13H20Cl2N2. The van der Waals surface area contributed by atoms with Crippen LogP contribution in [-0.4, -0.2) is 19.6 Å². The summed E-state index contributed by atoms with van der Waals surface area (Å²) < 4.78 is 0. The average molecular weight is 275 g/mol. The molecule has 0 saturated carbocycles. The van der Waals surface area contributed by atoms with E-state index >= 15 is 0 Å². The Kier molecular flexibility index (Phi) is 6.90. The van der Waals surface area contributed by atoms with Crippen LogP contribution < -0.4 is 10.6 Å². The number of benzene rings is 1. The van der Waals surface area contributed by atoms with Gasteiger partial charge in [0.15, 0.2) is 0 Å². The van der Waals surface area contributed by atoms with E-state index in [1.807, 2.05) is 12.1 Å². The summed E-state index contributed by atoms with van der Waals surface area (Å²) in [5.74, 6) is 0.793. The first-order valence-corrected chi connectivity index (χ1v) is 6.38. The molecule has 0 spiro atoms. The minimum Gasteiger partial charge on any atom is -0.316 e. The second-order valence-electron chi connectivity index (χ2n) is 4.47. The van der Waals surface area contributed by atoms with Crippen molar-refractivity contribution in [2.45, 2.75) is 19.4 Å². The SMILES string of the molecule is Cl.Clc1ccc(CNCC2CCCNC2)cc1. The molecule has 1 saturated heterocycles. The van der Waals surface area contributed by atoms with Crippen LogP contribution in [0.5, 0.6) is 0 Å². The standard InChI is InChI=1S/C13H19ClN2.ClH/c14-13-5-3-11(4-6-13)8-16-10-12-2-1-7-15-9-12;/h3-6,12,15-16H,1-2,7-10H2;1H. The summed E-state index contributed by atoms with van der Waals surface area (Å²) in [6, 6.07) is 8.05. The number of nitrogens with one attached hydrogen (secondary N) is 2. The minimum absolute atomic E-state index is 0. The van der Waals surface area contributed by atoms with Gasteiger partial charge in [-0.2, -0.15) is 0 Å². The summed E-state index contributed by atoms with van der Waals surface area (Å²) in [5.41, 5.74) is 1.30. The zero-order valence-corrected chi connectivity index (χ0v) is 11.5. The molecule has 2 N–H and O–H groups in total. The van der Waals surface area contributed by atoms with E-state index in [9.17, 15) is 0 Å². The first-order chi connectivity index (χ1) is 7.84. The summed E-state index contributed by atoms with van der Waals surface area (Å²) in [4.78, 5) is 0. The Morgan fingerprint density at radius 1 is 1.29 bits per heavy atom. The van der Waals surface area contributed by atoms with Crippen LogP contribution in [0.2, 0.25) is 5.02 Å². The predicted octanol–water partition coefficient (Wildman–Crippen LogP) is 2.85. The van der Waals surface area contributed by atoms with Crippen molar-refractivity contribution in [3.63, 3.8) is 0 Å². The lowest BCUT2D eigenvalue weighted by molar-refractivity contribution is 0.360. The molecule has 1 aliphatic heterocycles. The van der Waals surface area contributed by atoms with Crippen molar-refractivity contribution < 1.29 is 0 Å². The van der Waals surface area contributed by atoms with E-state index in [4.69, 9.17) is 11.6 Å². The van der Waals surface area contributed by atoms with Gasteiger partial charge in [-0.1, -0.05) is 23.7 Å². The summed E-state index contributed by atoms with van der Waals surface area (Å²) in [7, 11) is 0. The normalized spacial score (nSPS) is 19.7. The average Bonchev–Trinajstić information content (AvgIpc) is 2.33. The van der Waals surface area contributed by atoms with Crippen LogP contribution in [0.3, 0.4) is 0 Å². The largest absolute Gasteiger partial charge is 0.316 e. The predicted molar refractivity (Wildman–Crippen MR) is 76.0 cm³/mol. The van der Waals surface area contributed by atoms with Gasteiger partial charge in [-0.25, -0.2) is 0 Å². The van der Waals surface area contributed by atoms with Crippen LogP contribution in [-0.2, 0) is 6.54 Å². The lowest BCUT2D eigenvalue weighted by Crippen LogP contribution is -2.35. The molecule has 1 atom stereocenters. The van der Waals surface area contributed by atoms with Gasteiger partial charge in [0.25, 0.3) is 0 Å². The Morgan fingerprint density at radius 2 is 2.06 bits per heavy atom. The Morgan fingerprint density at radius 3 is 2.71 bits per heavy atom. The third-order valence-corrected chi connectivity index (χ3v) is 3.33. The molecule has 0 aliphatic carbocycles. The van der Waals surface area contributed by atoms with E-state index in [0.29, 0.717) is 0 Å². The Bertz CT molecular complexity index is 308. The van der Waals surface area contributed by atoms with E-state index < -0.39 is 0 Å². The van der Waals surface area contributed by atoms with Crippen LogP contribution in [0.4, 0.5) is 0 Å². The molecule has 1 heterocycles. The molecule has 1 aliphatic rings. The Hall–Kier alpha value is -0.280. The maximum absolute atomic E-state index is 5.84. The van der Waals surface area contributed by atoms with Gasteiger partial charge in [0.2, 0.25) is 0 Å². The molecule has 0 amide bonds. The monoisotopic (exact) mass is 274 g/mol. The first kappa shape index (κ1) is 14.8. The highest BCUT2D eigenvalue weighted by Crippen LogP contribution is 2.10. The topological polar surface area (TPSA) is 24.1 Å². The van der Waals surface area contributed by atoms with Crippen molar-refractivity contribution in [1.29, 1.82) is 0 Å². The van der Waals surface area contributed by atoms with E-state index in [2.05, 4.69) is 22.8 Å². The maximum atomic E-state index is 5.84. The third kappa shape index (κ3) is 5.26. The molecule has 1 aromatic carbocycles. The number of halogens is 2. The van der Waals surface area contributed by atoms with Gasteiger partial charge < -0.3 is 10.6 Å². The Balaban J connectivity index is 0.00000144. The molecule has 4 heteroatoms. The van der Waals surface area contributed by atoms with Crippen molar-refractivity contribution in [3.8, 4) is 0 Å². The van der Waals surface area contributed by atoms with E-state index in [-0.39, 0.29) is 12.4 Å². The van der Waals surface area contributed by atoms with Crippen molar-refractivity contribution in [2.24, 2.45) is 5.92 Å². The summed E-state index contributed by atoms with van der Waals surface area (Å²) in [6.45, 7) is 4.39. The zero-order valence-electron chi connectivity index (χ0n) is 9.92. The second-order valence-corrected chi connectivity index (χ2v) is 4.91. The molecular weight excluding hydrogens is 255 g/mol. The van der Waals surface area contributed by atoms with Crippen molar-refractivity contribution in [3.05, 3.63) is 34.9 Å². The van der Waals surface area contributed by atoms with Gasteiger partial charge in [-0.3, -0.25) is 0 Å². The molecule has 0 aromatic heterocycles. The maximum Gasteiger partial charge on any atom is 0.0406 e. The minimum atomic E-state index is 0. The van der Waals surface area contributed by atoms with Gasteiger partial charge in [-0.15, -0.1) is 12.4 Å². The fourth-order valence-corrected chi connectivity index (χ4v) is 2.25. The van der Waals surface area contributed by atoms with Crippen molar-refractivity contribution in [1.82, 2.24) is 10.6 Å². The number of hydrogen-bond donors (Lipinski definition) is 2. The van der Waals surface area contributed by atoms with Crippen LogP contribution in [0.25, 0.3) is 0 Å². The van der Waals surface area contributed by atoms with Crippen LogP contribution in [0, 0.1) is 5.92 Å². The molecule has 0 radical (unpaired) electrons. The highest BCUT2D eigenvalue weighted by molar-refractivity contribution is 6.30. The third-order valence-electron chi connectivity index (χ3n) is 3.07. The number of hydrogen-bond acceptors (Lipinski definition) is 2. The van der Waals surface area contributed by atoms with Crippen molar-refractivity contribution in [2.75, 3.05) is 19.6 Å². The van der Waals surface area contributed by atoms with Gasteiger partial charge in [0, 0.05) is 11.6 Å². The molecule has 0 bridgehead atoms. The molecule has 2 nitrogen and oxygen atoms in total. The fraction of sp³-hybridized carbons (Fsp3) is 0.538.